The number of nitrogens with zero attached hydrogens (tertiary/aromatic N) is 3. The molecular weight excluding hydrogens is 406 g/mol. The molecule has 0 spiro atoms. The minimum atomic E-state index is -0.332. The Hall–Kier alpha value is -3.39. The van der Waals surface area contributed by atoms with Gasteiger partial charge in [0.25, 0.3) is 0 Å². The van der Waals surface area contributed by atoms with Crippen molar-refractivity contribution in [3.05, 3.63) is 54.1 Å². The zero-order valence-electron chi connectivity index (χ0n) is 18.7. The van der Waals surface area contributed by atoms with Crippen LogP contribution in [0.5, 0.6) is 5.75 Å². The Morgan fingerprint density at radius 2 is 1.78 bits per heavy atom. The summed E-state index contributed by atoms with van der Waals surface area (Å²) in [5, 5.41) is 13.0. The fourth-order valence-electron chi connectivity index (χ4n) is 3.44. The highest BCUT2D eigenvalue weighted by atomic mass is 16.5. The van der Waals surface area contributed by atoms with Crippen molar-refractivity contribution < 1.29 is 14.7 Å². The van der Waals surface area contributed by atoms with E-state index in [4.69, 9.17) is 19.9 Å². The van der Waals surface area contributed by atoms with Gasteiger partial charge in [-0.25, -0.2) is 10.5 Å². The molecule has 0 unspecified atom stereocenters. The second-order valence-electron chi connectivity index (χ2n) is 7.71. The molecule has 3 N–H and O–H groups in total. The lowest BCUT2D eigenvalue weighted by molar-refractivity contribution is -0.129. The van der Waals surface area contributed by atoms with Crippen molar-refractivity contribution in [1.29, 1.82) is 0 Å². The molecule has 32 heavy (non-hydrogen) atoms. The molecule has 8 heteroatoms. The summed E-state index contributed by atoms with van der Waals surface area (Å²) in [4.78, 5) is 22.7. The van der Waals surface area contributed by atoms with E-state index < -0.39 is 0 Å². The number of amides is 1. The number of hydrogen-bond donors (Lipinski definition) is 3. The summed E-state index contributed by atoms with van der Waals surface area (Å²) in [5.74, 6) is 1.99. The predicted octanol–water partition coefficient (Wildman–Crippen LogP) is 4.14. The van der Waals surface area contributed by atoms with Gasteiger partial charge in [0.1, 0.15) is 11.6 Å². The summed E-state index contributed by atoms with van der Waals surface area (Å²) in [5.41, 5.74) is 3.70. The molecule has 0 aliphatic rings. The number of unbranched alkanes of at least 4 members (excludes halogenated alkanes) is 3. The Kier molecular flexibility index (Phi) is 8.62. The van der Waals surface area contributed by atoms with Gasteiger partial charge in [0.15, 0.2) is 0 Å². The molecule has 1 heterocycles. The summed E-state index contributed by atoms with van der Waals surface area (Å²) >= 11 is 0. The van der Waals surface area contributed by atoms with Crippen molar-refractivity contribution in [2.24, 2.45) is 0 Å². The summed E-state index contributed by atoms with van der Waals surface area (Å²) in [7, 11) is 3.66. The van der Waals surface area contributed by atoms with Gasteiger partial charge in [0.05, 0.1) is 12.6 Å². The first kappa shape index (κ1) is 23.3. The van der Waals surface area contributed by atoms with Gasteiger partial charge in [-0.05, 0) is 42.7 Å². The van der Waals surface area contributed by atoms with Crippen molar-refractivity contribution in [3.8, 4) is 5.75 Å². The minimum absolute atomic E-state index is 0.332. The standard InChI is InChI=1S/C24H31N5O3/c1-29(16-8-4-3-5-11-22(30)28-31)24-26-21-10-7-6-9-20(21)23(27-24)25-17-18-12-14-19(32-2)15-13-18/h6-7,9-10,12-15,31H,3-5,8,11,16-17H2,1-2H3,(H,28,30)(H,25,26,27). The second-order valence-corrected chi connectivity index (χ2v) is 7.71. The number of ether oxygens (including phenoxy) is 1. The maximum absolute atomic E-state index is 11.1. The van der Waals surface area contributed by atoms with Gasteiger partial charge in [-0.3, -0.25) is 10.0 Å². The molecule has 0 radical (unpaired) electrons. The quantitative estimate of drug-likeness (QED) is 0.222. The molecular formula is C24H31N5O3. The van der Waals surface area contributed by atoms with Crippen molar-refractivity contribution >= 4 is 28.6 Å². The number of benzene rings is 2. The first-order valence-electron chi connectivity index (χ1n) is 10.9. The molecule has 1 amide bonds. The molecule has 2 aromatic carbocycles. The van der Waals surface area contributed by atoms with E-state index in [1.807, 2.05) is 55.6 Å². The van der Waals surface area contributed by atoms with Crippen LogP contribution in [0.3, 0.4) is 0 Å². The van der Waals surface area contributed by atoms with Gasteiger partial charge in [0.2, 0.25) is 11.9 Å². The number of methoxy groups -OCH3 is 1. The highest BCUT2D eigenvalue weighted by Gasteiger charge is 2.11. The molecule has 0 atom stereocenters. The van der Waals surface area contributed by atoms with Crippen molar-refractivity contribution in [2.45, 2.75) is 38.6 Å². The largest absolute Gasteiger partial charge is 0.497 e. The van der Waals surface area contributed by atoms with E-state index >= 15 is 0 Å². The SMILES string of the molecule is COc1ccc(CNc2nc(N(C)CCCCCCC(=O)NO)nc3ccccc23)cc1. The number of carbonyl (C=O) groups excluding carboxylic acids is 1. The molecule has 0 saturated heterocycles. The summed E-state index contributed by atoms with van der Waals surface area (Å²) in [6.07, 6.45) is 4.03. The smallest absolute Gasteiger partial charge is 0.243 e. The number of hydrogen-bond acceptors (Lipinski definition) is 7. The Morgan fingerprint density at radius 3 is 2.53 bits per heavy atom. The van der Waals surface area contributed by atoms with Crippen LogP contribution in [0, 0.1) is 0 Å². The lowest BCUT2D eigenvalue weighted by Crippen LogP contribution is -2.21. The van der Waals surface area contributed by atoms with E-state index in [9.17, 15) is 4.79 Å². The van der Waals surface area contributed by atoms with Crippen LogP contribution in [-0.2, 0) is 11.3 Å². The maximum Gasteiger partial charge on any atom is 0.243 e. The van der Waals surface area contributed by atoms with Crippen molar-refractivity contribution in [1.82, 2.24) is 15.4 Å². The number of rotatable bonds is 12. The van der Waals surface area contributed by atoms with Crippen LogP contribution in [0.15, 0.2) is 48.5 Å². The molecule has 0 fully saturated rings. The van der Waals surface area contributed by atoms with Crippen LogP contribution < -0.4 is 20.4 Å². The van der Waals surface area contributed by atoms with Gasteiger partial charge in [-0.15, -0.1) is 0 Å². The number of aromatic nitrogens is 2. The van der Waals surface area contributed by atoms with Crippen LogP contribution in [0.4, 0.5) is 11.8 Å². The fourth-order valence-corrected chi connectivity index (χ4v) is 3.44. The highest BCUT2D eigenvalue weighted by Crippen LogP contribution is 2.24. The van der Waals surface area contributed by atoms with Crippen LogP contribution in [0.2, 0.25) is 0 Å². The molecule has 170 valence electrons. The maximum atomic E-state index is 11.1. The molecule has 1 aromatic heterocycles. The molecule has 8 nitrogen and oxygen atoms in total. The van der Waals surface area contributed by atoms with Crippen molar-refractivity contribution in [3.63, 3.8) is 0 Å². The van der Waals surface area contributed by atoms with E-state index in [-0.39, 0.29) is 5.91 Å². The van der Waals surface area contributed by atoms with Crippen molar-refractivity contribution in [2.75, 3.05) is 30.9 Å². The van der Waals surface area contributed by atoms with Crippen LogP contribution in [0.1, 0.15) is 37.7 Å². The first-order chi connectivity index (χ1) is 15.6. The topological polar surface area (TPSA) is 99.6 Å². The fraction of sp³-hybridized carbons (Fsp3) is 0.375. The molecule has 0 aliphatic carbocycles. The molecule has 3 rings (SSSR count). The summed E-state index contributed by atoms with van der Waals surface area (Å²) in [6, 6.07) is 16.0. The number of anilines is 2. The van der Waals surface area contributed by atoms with Gasteiger partial charge < -0.3 is 15.0 Å². The van der Waals surface area contributed by atoms with Gasteiger partial charge >= 0.3 is 0 Å². The van der Waals surface area contributed by atoms with Crippen LogP contribution >= 0.6 is 0 Å². The molecule has 3 aromatic rings. The lowest BCUT2D eigenvalue weighted by atomic mass is 10.1. The minimum Gasteiger partial charge on any atom is -0.497 e. The van der Waals surface area contributed by atoms with Crippen LogP contribution in [0.25, 0.3) is 10.9 Å². The number of fused-ring (bicyclic) bond motifs is 1. The first-order valence-corrected chi connectivity index (χ1v) is 10.9. The Morgan fingerprint density at radius 1 is 1.03 bits per heavy atom. The highest BCUT2D eigenvalue weighted by molar-refractivity contribution is 5.90. The van der Waals surface area contributed by atoms with Crippen LogP contribution in [-0.4, -0.2) is 41.8 Å². The molecule has 0 bridgehead atoms. The van der Waals surface area contributed by atoms with E-state index in [1.165, 1.54) is 0 Å². The third-order valence-electron chi connectivity index (χ3n) is 5.32. The monoisotopic (exact) mass is 437 g/mol. The van der Waals surface area contributed by atoms with Gasteiger partial charge in [-0.1, -0.05) is 37.1 Å². The predicted molar refractivity (Wildman–Crippen MR) is 126 cm³/mol. The number of para-hydroxylation sites is 1. The number of nitrogens with one attached hydrogen (secondary N) is 2. The number of hydroxylamine groups is 1. The molecule has 0 aliphatic heterocycles. The Labute approximate surface area is 188 Å². The Balaban J connectivity index is 1.62. The summed E-state index contributed by atoms with van der Waals surface area (Å²) < 4.78 is 5.23. The van der Waals surface area contributed by atoms with E-state index in [2.05, 4.69) is 10.2 Å². The summed E-state index contributed by atoms with van der Waals surface area (Å²) in [6.45, 7) is 1.47. The van der Waals surface area contributed by atoms with E-state index in [0.29, 0.717) is 18.9 Å². The second kappa shape index (κ2) is 11.9. The normalized spacial score (nSPS) is 10.7. The van der Waals surface area contributed by atoms with E-state index in [0.717, 1.165) is 60.3 Å². The number of carbonyl (C=O) groups is 1. The van der Waals surface area contributed by atoms with Gasteiger partial charge in [0, 0.05) is 31.9 Å². The van der Waals surface area contributed by atoms with Gasteiger partial charge in [-0.2, -0.15) is 4.98 Å². The third-order valence-corrected chi connectivity index (χ3v) is 5.32. The Bertz CT molecular complexity index is 1010. The lowest BCUT2D eigenvalue weighted by Gasteiger charge is -2.19. The average Bonchev–Trinajstić information content (AvgIpc) is 2.84. The molecule has 0 saturated carbocycles. The zero-order valence-corrected chi connectivity index (χ0v) is 18.7. The zero-order chi connectivity index (χ0) is 22.8. The third kappa shape index (κ3) is 6.55. The van der Waals surface area contributed by atoms with E-state index in [1.54, 1.807) is 12.6 Å². The average molecular weight is 438 g/mol.